The van der Waals surface area contributed by atoms with Crippen molar-refractivity contribution < 1.29 is 14.7 Å². The number of thiophene rings is 1. The number of nitrogens with two attached hydrogens (primary N) is 1. The summed E-state index contributed by atoms with van der Waals surface area (Å²) < 4.78 is 0. The maximum Gasteiger partial charge on any atom is 0.263 e. The lowest BCUT2D eigenvalue weighted by atomic mass is 10.1. The molecule has 1 aliphatic rings. The van der Waals surface area contributed by atoms with E-state index in [-0.39, 0.29) is 24.3 Å². The minimum atomic E-state index is -0.351. The second-order valence-electron chi connectivity index (χ2n) is 4.26. The molecule has 1 fully saturated rings. The summed E-state index contributed by atoms with van der Waals surface area (Å²) in [4.78, 5) is 26.2. The molecule has 1 aliphatic heterocycles. The van der Waals surface area contributed by atoms with Crippen molar-refractivity contribution >= 4 is 23.2 Å². The molecule has 1 unspecified atom stereocenters. The molecule has 0 spiro atoms. The number of likely N-dealkylation sites (tertiary alicyclic amines) is 1. The van der Waals surface area contributed by atoms with Gasteiger partial charge in [0, 0.05) is 13.1 Å². The number of aliphatic hydroxyl groups excluding tert-OH is 1. The molecule has 0 saturated carbocycles. The lowest BCUT2D eigenvalue weighted by Gasteiger charge is -2.14. The van der Waals surface area contributed by atoms with Crippen molar-refractivity contribution in [1.82, 2.24) is 4.90 Å². The Kier molecular flexibility index (Phi) is 4.20. The lowest BCUT2D eigenvalue weighted by Crippen LogP contribution is -2.31. The highest BCUT2D eigenvalue weighted by Gasteiger charge is 2.30. The predicted molar refractivity (Wildman–Crippen MR) is 71.5 cm³/mol. The van der Waals surface area contributed by atoms with Crippen LogP contribution in [0.15, 0.2) is 12.1 Å². The molecule has 3 N–H and O–H groups in total. The van der Waals surface area contributed by atoms with Gasteiger partial charge < -0.3 is 15.7 Å². The Morgan fingerprint density at radius 3 is 2.95 bits per heavy atom. The van der Waals surface area contributed by atoms with Crippen LogP contribution in [-0.4, -0.2) is 41.5 Å². The molecule has 6 heteroatoms. The number of rotatable bonds is 2. The van der Waals surface area contributed by atoms with Crippen molar-refractivity contribution in [3.05, 3.63) is 21.9 Å². The largest absolute Gasteiger partial charge is 0.384 e. The third-order valence-electron chi connectivity index (χ3n) is 2.99. The van der Waals surface area contributed by atoms with Crippen molar-refractivity contribution in [1.29, 1.82) is 0 Å². The first kappa shape index (κ1) is 13.6. The Morgan fingerprint density at radius 1 is 1.53 bits per heavy atom. The first-order chi connectivity index (χ1) is 9.11. The number of nitrogens with zero attached hydrogens (tertiary/aromatic N) is 1. The summed E-state index contributed by atoms with van der Waals surface area (Å²) in [5.41, 5.74) is 5.24. The number of carbonyl (C=O) groups is 2. The Morgan fingerprint density at radius 2 is 2.32 bits per heavy atom. The van der Waals surface area contributed by atoms with Crippen LogP contribution in [0, 0.1) is 17.8 Å². The molecular formula is C13H14N2O3S. The average molecular weight is 278 g/mol. The molecule has 2 heterocycles. The van der Waals surface area contributed by atoms with Gasteiger partial charge in [-0.2, -0.15) is 0 Å². The van der Waals surface area contributed by atoms with E-state index >= 15 is 0 Å². The van der Waals surface area contributed by atoms with Gasteiger partial charge in [-0.25, -0.2) is 0 Å². The van der Waals surface area contributed by atoms with E-state index in [0.717, 1.165) is 4.88 Å². The molecule has 0 radical (unpaired) electrons. The molecule has 1 aromatic heterocycles. The summed E-state index contributed by atoms with van der Waals surface area (Å²) >= 11 is 1.29. The molecule has 1 aromatic rings. The van der Waals surface area contributed by atoms with Crippen molar-refractivity contribution in [2.45, 2.75) is 6.42 Å². The van der Waals surface area contributed by atoms with Gasteiger partial charge in [-0.3, -0.25) is 9.59 Å². The van der Waals surface area contributed by atoms with Crippen molar-refractivity contribution in [3.63, 3.8) is 0 Å². The van der Waals surface area contributed by atoms with E-state index < -0.39 is 0 Å². The number of hydrogen-bond acceptors (Lipinski definition) is 4. The fourth-order valence-corrected chi connectivity index (χ4v) is 2.83. The van der Waals surface area contributed by atoms with Gasteiger partial charge in [0.05, 0.1) is 15.7 Å². The normalized spacial score (nSPS) is 17.9. The minimum Gasteiger partial charge on any atom is -0.384 e. The van der Waals surface area contributed by atoms with E-state index in [2.05, 4.69) is 11.8 Å². The molecule has 1 atom stereocenters. The Balaban J connectivity index is 2.04. The van der Waals surface area contributed by atoms with Crippen LogP contribution in [0.25, 0.3) is 0 Å². The number of carbonyl (C=O) groups excluding carboxylic acids is 2. The first-order valence-electron chi connectivity index (χ1n) is 5.90. The standard InChI is InChI=1S/C13H14N2O3S/c14-12(17)9-5-6-15(8-9)13(18)11-4-3-10(19-11)2-1-7-16/h3-4,9,16H,5-8H2,(H2,14,17). The minimum absolute atomic E-state index is 0.0919. The molecule has 5 nitrogen and oxygen atoms in total. The van der Waals surface area contributed by atoms with E-state index in [4.69, 9.17) is 10.8 Å². The van der Waals surface area contributed by atoms with Crippen LogP contribution in [0.2, 0.25) is 0 Å². The molecule has 19 heavy (non-hydrogen) atoms. The number of hydrogen-bond donors (Lipinski definition) is 2. The van der Waals surface area contributed by atoms with E-state index in [1.54, 1.807) is 17.0 Å². The maximum atomic E-state index is 12.2. The molecular weight excluding hydrogens is 264 g/mol. The van der Waals surface area contributed by atoms with Crippen LogP contribution < -0.4 is 5.73 Å². The SMILES string of the molecule is NC(=O)C1CCN(C(=O)c2ccc(C#CCO)s2)C1. The zero-order chi connectivity index (χ0) is 13.8. The molecule has 0 bridgehead atoms. The molecule has 1 saturated heterocycles. The van der Waals surface area contributed by atoms with Crippen LogP contribution in [-0.2, 0) is 4.79 Å². The number of aliphatic hydroxyl groups is 1. The van der Waals surface area contributed by atoms with Gasteiger partial charge in [-0.05, 0) is 18.6 Å². The third-order valence-corrected chi connectivity index (χ3v) is 3.97. The highest BCUT2D eigenvalue weighted by molar-refractivity contribution is 7.14. The Bertz CT molecular complexity index is 556. The molecule has 0 aromatic carbocycles. The van der Waals surface area contributed by atoms with Crippen LogP contribution >= 0.6 is 11.3 Å². The number of amides is 2. The van der Waals surface area contributed by atoms with Gasteiger partial charge in [0.25, 0.3) is 5.91 Å². The summed E-state index contributed by atoms with van der Waals surface area (Å²) in [6, 6.07) is 3.47. The Hall–Kier alpha value is -1.84. The second kappa shape index (κ2) is 5.87. The first-order valence-corrected chi connectivity index (χ1v) is 6.71. The van der Waals surface area contributed by atoms with Gasteiger partial charge in [0.1, 0.15) is 6.61 Å². The summed E-state index contributed by atoms with van der Waals surface area (Å²) in [5, 5.41) is 8.61. The maximum absolute atomic E-state index is 12.2. The van der Waals surface area contributed by atoms with Gasteiger partial charge in [-0.1, -0.05) is 11.8 Å². The van der Waals surface area contributed by atoms with Gasteiger partial charge in [0.15, 0.2) is 0 Å². The Labute approximate surface area is 115 Å². The van der Waals surface area contributed by atoms with E-state index in [9.17, 15) is 9.59 Å². The second-order valence-corrected chi connectivity index (χ2v) is 5.35. The summed E-state index contributed by atoms with van der Waals surface area (Å²) in [6.45, 7) is 0.749. The zero-order valence-corrected chi connectivity index (χ0v) is 11.1. The lowest BCUT2D eigenvalue weighted by molar-refractivity contribution is -0.121. The quantitative estimate of drug-likeness (QED) is 0.749. The summed E-state index contributed by atoms with van der Waals surface area (Å²) in [5.74, 6) is 4.62. The van der Waals surface area contributed by atoms with E-state index in [0.29, 0.717) is 24.4 Å². The fourth-order valence-electron chi connectivity index (χ4n) is 1.98. The third kappa shape index (κ3) is 3.13. The van der Waals surface area contributed by atoms with E-state index in [1.165, 1.54) is 11.3 Å². The van der Waals surface area contributed by atoms with Crippen LogP contribution in [0.4, 0.5) is 0 Å². The van der Waals surface area contributed by atoms with Crippen molar-refractivity contribution in [2.24, 2.45) is 11.7 Å². The van der Waals surface area contributed by atoms with Crippen molar-refractivity contribution in [2.75, 3.05) is 19.7 Å². The molecule has 2 rings (SSSR count). The fraction of sp³-hybridized carbons (Fsp3) is 0.385. The zero-order valence-electron chi connectivity index (χ0n) is 10.3. The molecule has 0 aliphatic carbocycles. The highest BCUT2D eigenvalue weighted by Crippen LogP contribution is 2.22. The van der Waals surface area contributed by atoms with Crippen LogP contribution in [0.3, 0.4) is 0 Å². The molecule has 2 amide bonds. The smallest absolute Gasteiger partial charge is 0.263 e. The highest BCUT2D eigenvalue weighted by atomic mass is 32.1. The topological polar surface area (TPSA) is 83.6 Å². The molecule has 100 valence electrons. The van der Waals surface area contributed by atoms with Gasteiger partial charge in [0.2, 0.25) is 5.91 Å². The van der Waals surface area contributed by atoms with Crippen LogP contribution in [0.5, 0.6) is 0 Å². The van der Waals surface area contributed by atoms with Gasteiger partial charge >= 0.3 is 0 Å². The monoisotopic (exact) mass is 278 g/mol. The predicted octanol–water partition coefficient (Wildman–Crippen LogP) is 0.0393. The summed E-state index contributed by atoms with van der Waals surface area (Å²) in [7, 11) is 0. The van der Waals surface area contributed by atoms with Gasteiger partial charge in [-0.15, -0.1) is 11.3 Å². The number of primary amides is 1. The summed E-state index contributed by atoms with van der Waals surface area (Å²) in [6.07, 6.45) is 0.629. The van der Waals surface area contributed by atoms with Crippen LogP contribution in [0.1, 0.15) is 21.0 Å². The van der Waals surface area contributed by atoms with E-state index in [1.807, 2.05) is 0 Å². The average Bonchev–Trinajstić information content (AvgIpc) is 3.04. The van der Waals surface area contributed by atoms with Crippen molar-refractivity contribution in [3.8, 4) is 11.8 Å².